The lowest BCUT2D eigenvalue weighted by atomic mass is 9.94. The number of benzene rings is 1. The third kappa shape index (κ3) is 4.19. The average molecular weight is 289 g/mol. The molecule has 0 atom stereocenters. The molecule has 0 amide bonds. The van der Waals surface area contributed by atoms with Gasteiger partial charge in [0.25, 0.3) is 0 Å². The number of rotatable bonds is 4. The summed E-state index contributed by atoms with van der Waals surface area (Å²) in [6, 6.07) is 5.04. The fourth-order valence-electron chi connectivity index (χ4n) is 2.18. The van der Waals surface area contributed by atoms with Gasteiger partial charge in [-0.2, -0.15) is 13.2 Å². The second kappa shape index (κ2) is 6.11. The van der Waals surface area contributed by atoms with E-state index < -0.39 is 17.3 Å². The second-order valence-corrected chi connectivity index (χ2v) is 5.13. The lowest BCUT2D eigenvalue weighted by Gasteiger charge is -2.32. The third-order valence-electron chi connectivity index (χ3n) is 3.49. The molecule has 1 fully saturated rings. The highest BCUT2D eigenvalue weighted by atomic mass is 19.4. The molecule has 0 radical (unpaired) electrons. The van der Waals surface area contributed by atoms with Crippen molar-refractivity contribution in [2.75, 3.05) is 19.8 Å². The van der Waals surface area contributed by atoms with Crippen LogP contribution in [0.2, 0.25) is 0 Å². The Bertz CT molecular complexity index is 425. The van der Waals surface area contributed by atoms with Crippen LogP contribution in [-0.2, 0) is 17.5 Å². The summed E-state index contributed by atoms with van der Waals surface area (Å²) >= 11 is 0. The van der Waals surface area contributed by atoms with E-state index in [0.717, 1.165) is 17.7 Å². The van der Waals surface area contributed by atoms with Crippen LogP contribution >= 0.6 is 0 Å². The molecule has 0 unspecified atom stereocenters. The molecule has 1 aromatic rings. The molecule has 6 heteroatoms. The van der Waals surface area contributed by atoms with Crippen molar-refractivity contribution in [3.05, 3.63) is 35.4 Å². The number of halogens is 3. The molecule has 3 nitrogen and oxygen atoms in total. The molecular formula is C14H18F3NO2. The van der Waals surface area contributed by atoms with Gasteiger partial charge in [-0.1, -0.05) is 12.1 Å². The second-order valence-electron chi connectivity index (χ2n) is 5.13. The van der Waals surface area contributed by atoms with Crippen molar-refractivity contribution in [2.45, 2.75) is 31.2 Å². The molecule has 1 aromatic carbocycles. The molecule has 0 spiro atoms. The minimum atomic E-state index is -4.30. The van der Waals surface area contributed by atoms with Crippen molar-refractivity contribution in [2.24, 2.45) is 0 Å². The molecule has 0 saturated carbocycles. The Balaban J connectivity index is 1.82. The van der Waals surface area contributed by atoms with E-state index in [4.69, 9.17) is 4.74 Å². The number of aliphatic hydroxyl groups is 1. The van der Waals surface area contributed by atoms with Gasteiger partial charge in [0, 0.05) is 39.1 Å². The molecule has 0 aromatic heterocycles. The first-order valence-corrected chi connectivity index (χ1v) is 6.56. The van der Waals surface area contributed by atoms with Crippen LogP contribution in [0.15, 0.2) is 24.3 Å². The Hall–Kier alpha value is -1.11. The Labute approximate surface area is 115 Å². The van der Waals surface area contributed by atoms with Crippen LogP contribution in [-0.4, -0.2) is 30.5 Å². The normalized spacial score (nSPS) is 19.0. The summed E-state index contributed by atoms with van der Waals surface area (Å²) < 4.78 is 42.4. The van der Waals surface area contributed by atoms with Crippen molar-refractivity contribution < 1.29 is 23.0 Å². The largest absolute Gasteiger partial charge is 0.416 e. The maximum absolute atomic E-state index is 12.4. The zero-order chi connectivity index (χ0) is 14.6. The van der Waals surface area contributed by atoms with Gasteiger partial charge in [-0.05, 0) is 17.7 Å². The molecule has 112 valence electrons. The zero-order valence-electron chi connectivity index (χ0n) is 11.0. The average Bonchev–Trinajstić information content (AvgIpc) is 2.39. The lowest BCUT2D eigenvalue weighted by molar-refractivity contribution is -0.137. The molecule has 2 rings (SSSR count). The van der Waals surface area contributed by atoms with Crippen LogP contribution in [0.25, 0.3) is 0 Å². The fourth-order valence-corrected chi connectivity index (χ4v) is 2.18. The van der Waals surface area contributed by atoms with Gasteiger partial charge in [-0.25, -0.2) is 0 Å². The van der Waals surface area contributed by atoms with E-state index in [2.05, 4.69) is 5.32 Å². The minimum Gasteiger partial charge on any atom is -0.388 e. The number of hydrogen-bond acceptors (Lipinski definition) is 3. The zero-order valence-corrected chi connectivity index (χ0v) is 11.0. The highest BCUT2D eigenvalue weighted by molar-refractivity contribution is 5.24. The Morgan fingerprint density at radius 2 is 1.75 bits per heavy atom. The maximum Gasteiger partial charge on any atom is 0.416 e. The van der Waals surface area contributed by atoms with Gasteiger partial charge in [0.05, 0.1) is 11.2 Å². The van der Waals surface area contributed by atoms with Crippen LogP contribution in [0, 0.1) is 0 Å². The van der Waals surface area contributed by atoms with E-state index in [1.165, 1.54) is 12.1 Å². The Kier molecular flexibility index (Phi) is 4.67. The van der Waals surface area contributed by atoms with Crippen molar-refractivity contribution in [3.63, 3.8) is 0 Å². The number of alkyl halides is 3. The van der Waals surface area contributed by atoms with Gasteiger partial charge in [0.15, 0.2) is 0 Å². The van der Waals surface area contributed by atoms with Crippen molar-refractivity contribution in [1.29, 1.82) is 0 Å². The van der Waals surface area contributed by atoms with E-state index in [9.17, 15) is 18.3 Å². The predicted molar refractivity (Wildman–Crippen MR) is 68.2 cm³/mol. The standard InChI is InChI=1S/C14H18F3NO2/c15-14(16,17)12-3-1-11(2-4-12)9-18-10-13(19)5-7-20-8-6-13/h1-4,18-19H,5-10H2. The summed E-state index contributed by atoms with van der Waals surface area (Å²) in [5.41, 5.74) is -0.664. The summed E-state index contributed by atoms with van der Waals surface area (Å²) in [6.45, 7) is 1.93. The van der Waals surface area contributed by atoms with Gasteiger partial charge in [-0.15, -0.1) is 0 Å². The SMILES string of the molecule is OC1(CNCc2ccc(C(F)(F)F)cc2)CCOCC1. The molecule has 1 heterocycles. The van der Waals surface area contributed by atoms with E-state index in [0.29, 0.717) is 39.1 Å². The molecule has 1 aliphatic heterocycles. The highest BCUT2D eigenvalue weighted by Gasteiger charge is 2.30. The quantitative estimate of drug-likeness (QED) is 0.894. The van der Waals surface area contributed by atoms with Crippen LogP contribution in [0.1, 0.15) is 24.0 Å². The number of hydrogen-bond donors (Lipinski definition) is 2. The van der Waals surface area contributed by atoms with Crippen molar-refractivity contribution >= 4 is 0 Å². The minimum absolute atomic E-state index is 0.414. The first kappa shape index (κ1) is 15.3. The molecular weight excluding hydrogens is 271 g/mol. The molecule has 0 aliphatic carbocycles. The summed E-state index contributed by atoms with van der Waals surface area (Å²) in [5, 5.41) is 13.3. The van der Waals surface area contributed by atoms with Gasteiger partial charge < -0.3 is 15.2 Å². The van der Waals surface area contributed by atoms with Gasteiger partial charge in [0.2, 0.25) is 0 Å². The fraction of sp³-hybridized carbons (Fsp3) is 0.571. The molecule has 20 heavy (non-hydrogen) atoms. The highest BCUT2D eigenvalue weighted by Crippen LogP contribution is 2.29. The van der Waals surface area contributed by atoms with Crippen LogP contribution in [0.3, 0.4) is 0 Å². The van der Waals surface area contributed by atoms with Crippen LogP contribution < -0.4 is 5.32 Å². The maximum atomic E-state index is 12.4. The van der Waals surface area contributed by atoms with Crippen LogP contribution in [0.4, 0.5) is 13.2 Å². The smallest absolute Gasteiger partial charge is 0.388 e. The topological polar surface area (TPSA) is 41.5 Å². The number of nitrogens with one attached hydrogen (secondary N) is 1. The molecule has 2 N–H and O–H groups in total. The Morgan fingerprint density at radius 1 is 1.15 bits per heavy atom. The van der Waals surface area contributed by atoms with Crippen LogP contribution in [0.5, 0.6) is 0 Å². The van der Waals surface area contributed by atoms with E-state index in [-0.39, 0.29) is 0 Å². The van der Waals surface area contributed by atoms with Gasteiger partial charge in [0.1, 0.15) is 0 Å². The van der Waals surface area contributed by atoms with Gasteiger partial charge >= 0.3 is 6.18 Å². The van der Waals surface area contributed by atoms with Crippen molar-refractivity contribution in [3.8, 4) is 0 Å². The van der Waals surface area contributed by atoms with E-state index in [1.807, 2.05) is 0 Å². The first-order valence-electron chi connectivity index (χ1n) is 6.56. The molecule has 0 bridgehead atoms. The third-order valence-corrected chi connectivity index (χ3v) is 3.49. The lowest BCUT2D eigenvalue weighted by Crippen LogP contribution is -2.44. The van der Waals surface area contributed by atoms with Gasteiger partial charge in [-0.3, -0.25) is 0 Å². The number of ether oxygens (including phenoxy) is 1. The summed E-state index contributed by atoms with van der Waals surface area (Å²) in [4.78, 5) is 0. The first-order chi connectivity index (χ1) is 9.39. The molecule has 1 aliphatic rings. The van der Waals surface area contributed by atoms with E-state index in [1.54, 1.807) is 0 Å². The summed E-state index contributed by atoms with van der Waals surface area (Å²) in [6.07, 6.45) is -3.15. The van der Waals surface area contributed by atoms with E-state index >= 15 is 0 Å². The molecule has 1 saturated heterocycles. The predicted octanol–water partition coefficient (Wildman–Crippen LogP) is 2.34. The summed E-state index contributed by atoms with van der Waals surface area (Å²) in [5.74, 6) is 0. The summed E-state index contributed by atoms with van der Waals surface area (Å²) in [7, 11) is 0. The van der Waals surface area contributed by atoms with Crippen molar-refractivity contribution in [1.82, 2.24) is 5.32 Å². The Morgan fingerprint density at radius 3 is 2.30 bits per heavy atom. The monoisotopic (exact) mass is 289 g/mol.